The summed E-state index contributed by atoms with van der Waals surface area (Å²) in [6, 6.07) is 0. The first-order chi connectivity index (χ1) is 32.8. The summed E-state index contributed by atoms with van der Waals surface area (Å²) in [4.78, 5) is 43.1. The third kappa shape index (κ3) is 13.3. The van der Waals surface area contributed by atoms with Crippen LogP contribution < -0.4 is 10.1 Å². The second-order valence-electron chi connectivity index (χ2n) is 18.0. The number of ether oxygens (including phenoxy) is 9. The lowest BCUT2D eigenvalue weighted by molar-refractivity contribution is -0.160. The fourth-order valence-corrected chi connectivity index (χ4v) is 8.80. The minimum atomic E-state index is -2.08. The second kappa shape index (κ2) is 25.3. The number of ketones is 1. The molecule has 6 N–H and O–H groups in total. The van der Waals surface area contributed by atoms with Gasteiger partial charge in [-0.2, -0.15) is 0 Å². The summed E-state index contributed by atoms with van der Waals surface area (Å²) in [6.45, 7) is 16.3. The fraction of sp³-hybridized carbons (Fsp3) is 0.620. The molecule has 5 bridgehead atoms. The fourth-order valence-electron chi connectivity index (χ4n) is 8.80. The molecule has 1 amide bonds. The molecule has 9 atom stereocenters. The maximum absolute atomic E-state index is 14.7. The zero-order chi connectivity index (χ0) is 50.6. The van der Waals surface area contributed by atoms with Crippen molar-refractivity contribution in [2.75, 3.05) is 91.6 Å². The van der Waals surface area contributed by atoms with E-state index in [-0.39, 0.29) is 90.5 Å². The number of hydrogen-bond acceptors (Lipinski definition) is 18. The number of benzene rings is 2. The van der Waals surface area contributed by atoms with E-state index in [2.05, 4.69) is 5.32 Å². The van der Waals surface area contributed by atoms with Crippen LogP contribution in [-0.2, 0) is 54.0 Å². The number of carbonyl (C=O) groups excluding carboxylic acids is 3. The first kappa shape index (κ1) is 55.1. The smallest absolute Gasteiger partial charge is 0.312 e. The number of nitrogens with one attached hydrogen (secondary N) is 1. The number of aliphatic hydroxyl groups is 2. The Morgan fingerprint density at radius 1 is 0.783 bits per heavy atom. The van der Waals surface area contributed by atoms with Crippen molar-refractivity contribution in [1.82, 2.24) is 4.90 Å². The summed E-state index contributed by atoms with van der Waals surface area (Å²) in [5.41, 5.74) is -0.201. The van der Waals surface area contributed by atoms with Crippen molar-refractivity contribution in [3.8, 4) is 23.0 Å². The van der Waals surface area contributed by atoms with E-state index in [1.54, 1.807) is 39.8 Å². The highest BCUT2D eigenvalue weighted by Gasteiger charge is 2.50. The lowest BCUT2D eigenvalue weighted by atomic mass is 9.78. The molecule has 1 fully saturated rings. The standard InChI is InChI=1S/C50H72N2O17/c1-28-11-10-12-29(2)49(60)51-40-35(27-52-14-17-62-19-21-64-23-25-66-26-24-65-22-20-63-18-15-52)44(57)37-38(45(40)58)43(56)33(6)47-39(37)48(59)50(8,69-47)67-16-13-36(61-9)30(3)46(68-34(7)53)32(5)42(55)31(4)41(28)54/h10-13,16,28,30-32,36,41-42,46,54-58H,14-15,17-27H2,1-9H3,(H,51,60)/b11-10+,16-13+,29-12-/t28-,30+,31+,32+,36-,41-,42+,46+,50-/m0/s1. The summed E-state index contributed by atoms with van der Waals surface area (Å²) in [6.07, 6.45) is 3.50. The number of methoxy groups -OCH3 is 1. The molecule has 0 unspecified atom stereocenters. The van der Waals surface area contributed by atoms with Gasteiger partial charge >= 0.3 is 11.8 Å². The molecule has 2 aromatic rings. The Hall–Kier alpha value is -4.83. The molecule has 0 aromatic heterocycles. The molecular weight excluding hydrogens is 901 g/mol. The number of fused-ring (bicyclic) bond motifs is 14. The van der Waals surface area contributed by atoms with Crippen LogP contribution in [-0.4, -0.2) is 165 Å². The van der Waals surface area contributed by atoms with Crippen LogP contribution in [0.15, 0.2) is 36.1 Å². The summed E-state index contributed by atoms with van der Waals surface area (Å²) < 4.78 is 52.3. The van der Waals surface area contributed by atoms with Crippen molar-refractivity contribution in [1.29, 1.82) is 0 Å². The molecule has 0 radical (unpaired) electrons. The van der Waals surface area contributed by atoms with Gasteiger partial charge in [-0.3, -0.25) is 19.3 Å². The van der Waals surface area contributed by atoms with Gasteiger partial charge in [0.1, 0.15) is 23.4 Å². The van der Waals surface area contributed by atoms with Gasteiger partial charge in [0.25, 0.3) is 11.7 Å². The van der Waals surface area contributed by atoms with Crippen LogP contribution in [0.25, 0.3) is 10.8 Å². The zero-order valence-electron chi connectivity index (χ0n) is 41.3. The van der Waals surface area contributed by atoms with Crippen LogP contribution in [0.3, 0.4) is 0 Å². The van der Waals surface area contributed by atoms with E-state index in [0.29, 0.717) is 39.6 Å². The van der Waals surface area contributed by atoms with Crippen LogP contribution in [0.4, 0.5) is 5.69 Å². The number of rotatable bonds is 4. The first-order valence-electron chi connectivity index (χ1n) is 23.5. The summed E-state index contributed by atoms with van der Waals surface area (Å²) >= 11 is 0. The number of Topliss-reactive ketones (excluding diaryl/α,β-unsaturated/α-hetero) is 1. The molecular formula is C50H72N2O17. The molecule has 19 heteroatoms. The predicted molar refractivity (Wildman–Crippen MR) is 253 cm³/mol. The molecule has 4 heterocycles. The molecule has 2 aromatic carbocycles. The molecule has 6 rings (SSSR count). The Kier molecular flexibility index (Phi) is 20.2. The Balaban J connectivity index is 1.65. The van der Waals surface area contributed by atoms with Gasteiger partial charge in [-0.05, 0) is 19.9 Å². The molecule has 1 saturated heterocycles. The number of aliphatic hydroxyl groups excluding tert-OH is 2. The van der Waals surface area contributed by atoms with Crippen LogP contribution >= 0.6 is 0 Å². The average Bonchev–Trinajstić information content (AvgIpc) is 3.58. The van der Waals surface area contributed by atoms with Crippen LogP contribution in [0.2, 0.25) is 0 Å². The first-order valence-corrected chi connectivity index (χ1v) is 23.5. The van der Waals surface area contributed by atoms with Crippen molar-refractivity contribution in [3.05, 3.63) is 52.8 Å². The maximum Gasteiger partial charge on any atom is 0.312 e. The van der Waals surface area contributed by atoms with Gasteiger partial charge in [0.05, 0.1) is 107 Å². The molecule has 0 saturated carbocycles. The summed E-state index contributed by atoms with van der Waals surface area (Å²) in [7, 11) is 1.44. The second-order valence-corrected chi connectivity index (χ2v) is 18.0. The predicted octanol–water partition coefficient (Wildman–Crippen LogP) is 4.65. The molecule has 69 heavy (non-hydrogen) atoms. The number of amides is 1. The van der Waals surface area contributed by atoms with E-state index < -0.39 is 88.8 Å². The largest absolute Gasteiger partial charge is 0.507 e. The molecule has 19 nitrogen and oxygen atoms in total. The van der Waals surface area contributed by atoms with E-state index in [1.807, 2.05) is 4.90 Å². The average molecular weight is 973 g/mol. The summed E-state index contributed by atoms with van der Waals surface area (Å²) in [5, 5.41) is 61.8. The Morgan fingerprint density at radius 3 is 1.90 bits per heavy atom. The third-order valence-corrected chi connectivity index (χ3v) is 13.1. The summed E-state index contributed by atoms with van der Waals surface area (Å²) in [5.74, 6) is -8.46. The van der Waals surface area contributed by atoms with Crippen molar-refractivity contribution >= 4 is 34.1 Å². The minimum absolute atomic E-state index is 0.00500. The highest BCUT2D eigenvalue weighted by Crippen LogP contribution is 2.55. The Bertz CT molecular complexity index is 2180. The Morgan fingerprint density at radius 2 is 1.35 bits per heavy atom. The number of allylic oxidation sites excluding steroid dienone is 2. The number of anilines is 1. The quantitative estimate of drug-likeness (QED) is 0.139. The lowest BCUT2D eigenvalue weighted by Gasteiger charge is -2.38. The van der Waals surface area contributed by atoms with Crippen molar-refractivity contribution in [2.45, 2.75) is 92.1 Å². The van der Waals surface area contributed by atoms with E-state index in [9.17, 15) is 39.9 Å². The number of aromatic hydroxyl groups is 3. The van der Waals surface area contributed by atoms with Gasteiger partial charge in [0.15, 0.2) is 5.75 Å². The van der Waals surface area contributed by atoms with Crippen molar-refractivity contribution < 1.29 is 82.5 Å². The maximum atomic E-state index is 14.7. The molecule has 0 spiro atoms. The molecule has 0 aliphatic carbocycles. The SMILES string of the molecule is CO[C@H]1/C=C/O[C@@]2(C)Oc3c(C)c(O)c4c(O)c(c(CN5CCOCCOCCOCCOCCOCC5)c(O)c4c3C2=O)NC(=O)/C(C)=C\C=C\[C@H](C)[C@H](O)[C@@H](C)[C@@H](O)[C@@H](C)[C@H](OC(C)=O)[C@@H]1C. The van der Waals surface area contributed by atoms with Crippen LogP contribution in [0.1, 0.15) is 70.0 Å². The molecule has 4 aliphatic heterocycles. The third-order valence-electron chi connectivity index (χ3n) is 13.1. The topological polar surface area (TPSA) is 251 Å². The molecule has 4 aliphatic rings. The molecule has 384 valence electrons. The van der Waals surface area contributed by atoms with E-state index in [0.717, 1.165) is 0 Å². The minimum Gasteiger partial charge on any atom is -0.507 e. The monoisotopic (exact) mass is 972 g/mol. The normalized spacial score (nSPS) is 31.1. The van der Waals surface area contributed by atoms with E-state index in [1.165, 1.54) is 53.2 Å². The van der Waals surface area contributed by atoms with Gasteiger partial charge in [-0.15, -0.1) is 0 Å². The van der Waals surface area contributed by atoms with Crippen molar-refractivity contribution in [3.63, 3.8) is 0 Å². The highest BCUT2D eigenvalue weighted by atomic mass is 16.7. The number of hydrogen-bond donors (Lipinski definition) is 6. The number of esters is 1. The van der Waals surface area contributed by atoms with Crippen LogP contribution in [0.5, 0.6) is 23.0 Å². The zero-order valence-corrected chi connectivity index (χ0v) is 41.3. The lowest BCUT2D eigenvalue weighted by Crippen LogP contribution is -2.46. The van der Waals surface area contributed by atoms with Gasteiger partial charge in [0, 0.05) is 86.3 Å². The van der Waals surface area contributed by atoms with Gasteiger partial charge in [-0.1, -0.05) is 45.9 Å². The van der Waals surface area contributed by atoms with E-state index in [4.69, 9.17) is 42.6 Å². The number of phenolic OH excluding ortho intramolecular Hbond substituents is 3. The van der Waals surface area contributed by atoms with Crippen LogP contribution in [0, 0.1) is 30.6 Å². The van der Waals surface area contributed by atoms with Gasteiger partial charge in [0.2, 0.25) is 0 Å². The van der Waals surface area contributed by atoms with E-state index >= 15 is 0 Å². The highest BCUT2D eigenvalue weighted by molar-refractivity contribution is 6.22. The van der Waals surface area contributed by atoms with Gasteiger partial charge < -0.3 is 73.5 Å². The van der Waals surface area contributed by atoms with Gasteiger partial charge in [-0.25, -0.2) is 0 Å². The van der Waals surface area contributed by atoms with Crippen molar-refractivity contribution in [2.24, 2.45) is 23.7 Å². The Labute approximate surface area is 403 Å². The number of nitrogens with zero attached hydrogens (tertiary/aromatic N) is 1. The number of phenols is 3. The number of carbonyl (C=O) groups is 3.